The predicted molar refractivity (Wildman–Crippen MR) is 126 cm³/mol. The first-order valence-corrected chi connectivity index (χ1v) is 11.1. The summed E-state index contributed by atoms with van der Waals surface area (Å²) >= 11 is 1.58. The first kappa shape index (κ1) is 20.8. The summed E-state index contributed by atoms with van der Waals surface area (Å²) in [7, 11) is 0. The van der Waals surface area contributed by atoms with Gasteiger partial charge in [0, 0.05) is 27.9 Å². The Morgan fingerprint density at radius 2 is 1.77 bits per heavy atom. The lowest BCUT2D eigenvalue weighted by atomic mass is 9.95. The summed E-state index contributed by atoms with van der Waals surface area (Å²) in [6.45, 7) is 1.73. The van der Waals surface area contributed by atoms with Crippen LogP contribution < -0.4 is 5.32 Å². The number of hydrogen-bond donors (Lipinski definition) is 1. The van der Waals surface area contributed by atoms with Gasteiger partial charge in [0.25, 0.3) is 5.91 Å². The van der Waals surface area contributed by atoms with Crippen LogP contribution >= 0.6 is 11.8 Å². The highest BCUT2D eigenvalue weighted by atomic mass is 32.2. The number of rotatable bonds is 5. The van der Waals surface area contributed by atoms with Crippen molar-refractivity contribution >= 4 is 23.4 Å². The molecule has 4 aromatic rings. The maximum atomic E-state index is 14.2. The second-order valence-electron chi connectivity index (χ2n) is 7.07. The van der Waals surface area contributed by atoms with E-state index in [-0.39, 0.29) is 11.7 Å². The van der Waals surface area contributed by atoms with E-state index in [1.807, 2.05) is 66.9 Å². The van der Waals surface area contributed by atoms with Crippen LogP contribution in [-0.4, -0.2) is 17.1 Å². The molecule has 1 heterocycles. The Labute approximate surface area is 185 Å². The van der Waals surface area contributed by atoms with Crippen molar-refractivity contribution in [1.82, 2.24) is 4.98 Å². The molecule has 3 aromatic carbocycles. The number of benzene rings is 3. The van der Waals surface area contributed by atoms with Gasteiger partial charge in [0.2, 0.25) is 0 Å². The Morgan fingerprint density at radius 3 is 2.55 bits per heavy atom. The van der Waals surface area contributed by atoms with Crippen LogP contribution in [0.4, 0.5) is 10.1 Å². The molecule has 0 bridgehead atoms. The maximum absolute atomic E-state index is 14.2. The molecule has 0 aliphatic heterocycles. The van der Waals surface area contributed by atoms with Crippen LogP contribution in [-0.2, 0) is 0 Å². The zero-order chi connectivity index (χ0) is 21.8. The molecule has 0 spiro atoms. The molecule has 4 rings (SSSR count). The summed E-state index contributed by atoms with van der Waals surface area (Å²) in [6.07, 6.45) is 3.71. The van der Waals surface area contributed by atoms with Crippen LogP contribution in [0.2, 0.25) is 0 Å². The van der Waals surface area contributed by atoms with Crippen molar-refractivity contribution in [1.29, 1.82) is 0 Å². The Morgan fingerprint density at radius 1 is 0.935 bits per heavy atom. The largest absolute Gasteiger partial charge is 0.322 e. The zero-order valence-electron chi connectivity index (χ0n) is 17.2. The first-order chi connectivity index (χ1) is 15.1. The van der Waals surface area contributed by atoms with E-state index >= 15 is 0 Å². The number of carbonyl (C=O) groups is 1. The quantitative estimate of drug-likeness (QED) is 0.354. The molecule has 1 aromatic heterocycles. The van der Waals surface area contributed by atoms with Crippen LogP contribution in [0.5, 0.6) is 0 Å². The molecule has 0 aliphatic carbocycles. The third-order valence-corrected chi connectivity index (χ3v) is 5.84. The first-order valence-electron chi connectivity index (χ1n) is 9.83. The average molecular weight is 429 g/mol. The Hall–Kier alpha value is -3.44. The summed E-state index contributed by atoms with van der Waals surface area (Å²) in [5.74, 6) is -0.536. The van der Waals surface area contributed by atoms with Crippen molar-refractivity contribution in [2.45, 2.75) is 11.8 Å². The number of thioether (sulfide) groups is 1. The fraction of sp³-hybridized carbons (Fsp3) is 0.0769. The lowest BCUT2D eigenvalue weighted by Gasteiger charge is -2.14. The van der Waals surface area contributed by atoms with Crippen molar-refractivity contribution in [3.05, 3.63) is 102 Å². The third kappa shape index (κ3) is 4.52. The average Bonchev–Trinajstić information content (AvgIpc) is 2.81. The summed E-state index contributed by atoms with van der Waals surface area (Å²) < 4.78 is 14.2. The molecule has 0 unspecified atom stereocenters. The highest BCUT2D eigenvalue weighted by molar-refractivity contribution is 7.98. The van der Waals surface area contributed by atoms with Crippen molar-refractivity contribution in [3.8, 4) is 22.4 Å². The maximum Gasteiger partial charge on any atom is 0.256 e. The fourth-order valence-electron chi connectivity index (χ4n) is 3.46. The minimum Gasteiger partial charge on any atom is -0.322 e. The van der Waals surface area contributed by atoms with Crippen molar-refractivity contribution < 1.29 is 9.18 Å². The van der Waals surface area contributed by atoms with Gasteiger partial charge in [-0.25, -0.2) is 4.39 Å². The van der Waals surface area contributed by atoms with Gasteiger partial charge in [0.15, 0.2) is 0 Å². The highest BCUT2D eigenvalue weighted by Crippen LogP contribution is 2.32. The molecule has 5 heteroatoms. The van der Waals surface area contributed by atoms with Gasteiger partial charge in [-0.1, -0.05) is 30.3 Å². The van der Waals surface area contributed by atoms with E-state index in [1.165, 1.54) is 6.07 Å². The van der Waals surface area contributed by atoms with E-state index in [0.29, 0.717) is 27.9 Å². The number of aromatic nitrogens is 1. The Bertz CT molecular complexity index is 1240. The molecule has 154 valence electrons. The molecule has 0 saturated heterocycles. The van der Waals surface area contributed by atoms with E-state index in [2.05, 4.69) is 10.3 Å². The van der Waals surface area contributed by atoms with Crippen LogP contribution in [0.25, 0.3) is 22.4 Å². The molecule has 0 radical (unpaired) electrons. The monoisotopic (exact) mass is 428 g/mol. The fourth-order valence-corrected chi connectivity index (χ4v) is 3.90. The van der Waals surface area contributed by atoms with Crippen LogP contribution in [0, 0.1) is 12.7 Å². The summed E-state index contributed by atoms with van der Waals surface area (Å²) in [4.78, 5) is 18.6. The summed E-state index contributed by atoms with van der Waals surface area (Å²) in [6, 6.07) is 23.9. The number of hydrogen-bond acceptors (Lipinski definition) is 3. The van der Waals surface area contributed by atoms with Crippen molar-refractivity contribution in [3.63, 3.8) is 0 Å². The topological polar surface area (TPSA) is 42.0 Å². The van der Waals surface area contributed by atoms with E-state index in [4.69, 9.17) is 0 Å². The van der Waals surface area contributed by atoms with Gasteiger partial charge in [0.05, 0.1) is 5.69 Å². The number of nitrogens with one attached hydrogen (secondary N) is 1. The SMILES string of the molecule is CSc1ccc(C(=O)Nc2cccc(-c3ccccn3)c2)c(-c2cccc(F)c2C)c1. The van der Waals surface area contributed by atoms with Gasteiger partial charge in [-0.05, 0) is 78.4 Å². The van der Waals surface area contributed by atoms with Crippen LogP contribution in [0.1, 0.15) is 15.9 Å². The Kier molecular flexibility index (Phi) is 6.14. The minimum absolute atomic E-state index is 0.246. The predicted octanol–water partition coefficient (Wildman–Crippen LogP) is 6.84. The van der Waals surface area contributed by atoms with Gasteiger partial charge in [-0.2, -0.15) is 0 Å². The van der Waals surface area contributed by atoms with Gasteiger partial charge >= 0.3 is 0 Å². The van der Waals surface area contributed by atoms with E-state index in [1.54, 1.807) is 37.0 Å². The van der Waals surface area contributed by atoms with E-state index in [9.17, 15) is 9.18 Å². The van der Waals surface area contributed by atoms with Crippen LogP contribution in [0.15, 0.2) is 90.0 Å². The van der Waals surface area contributed by atoms with Crippen molar-refractivity contribution in [2.75, 3.05) is 11.6 Å². The zero-order valence-corrected chi connectivity index (χ0v) is 18.0. The van der Waals surface area contributed by atoms with E-state index in [0.717, 1.165) is 16.2 Å². The second kappa shape index (κ2) is 9.14. The number of anilines is 1. The molecule has 0 fully saturated rings. The Balaban J connectivity index is 1.71. The molecular formula is C26H21FN2OS. The van der Waals surface area contributed by atoms with E-state index < -0.39 is 0 Å². The molecule has 1 N–H and O–H groups in total. The number of nitrogens with zero attached hydrogens (tertiary/aromatic N) is 1. The molecule has 0 saturated carbocycles. The summed E-state index contributed by atoms with van der Waals surface area (Å²) in [5, 5.41) is 2.98. The molecule has 3 nitrogen and oxygen atoms in total. The summed E-state index contributed by atoms with van der Waals surface area (Å²) in [5.41, 5.74) is 4.85. The van der Waals surface area contributed by atoms with Crippen molar-refractivity contribution in [2.24, 2.45) is 0 Å². The number of amides is 1. The molecule has 0 aliphatic rings. The van der Waals surface area contributed by atoms with Gasteiger partial charge < -0.3 is 5.32 Å². The minimum atomic E-state index is -0.290. The highest BCUT2D eigenvalue weighted by Gasteiger charge is 2.17. The molecule has 1 amide bonds. The second-order valence-corrected chi connectivity index (χ2v) is 7.95. The normalized spacial score (nSPS) is 10.7. The standard InChI is InChI=1S/C26H21FN2OS/c1-17-21(9-6-10-24(17)27)23-16-20(31-2)12-13-22(23)26(30)29-19-8-5-7-18(15-19)25-11-3-4-14-28-25/h3-16H,1-2H3,(H,29,30). The van der Waals surface area contributed by atoms with Crippen LogP contribution in [0.3, 0.4) is 0 Å². The van der Waals surface area contributed by atoms with Gasteiger partial charge in [-0.15, -0.1) is 11.8 Å². The molecule has 0 atom stereocenters. The lowest BCUT2D eigenvalue weighted by Crippen LogP contribution is -2.13. The lowest BCUT2D eigenvalue weighted by molar-refractivity contribution is 0.102. The third-order valence-electron chi connectivity index (χ3n) is 5.11. The van der Waals surface area contributed by atoms with Gasteiger partial charge in [0.1, 0.15) is 5.82 Å². The molecule has 31 heavy (non-hydrogen) atoms. The molecular weight excluding hydrogens is 407 g/mol. The number of pyridine rings is 1. The smallest absolute Gasteiger partial charge is 0.256 e. The number of halogens is 1. The number of carbonyl (C=O) groups excluding carboxylic acids is 1. The van der Waals surface area contributed by atoms with Gasteiger partial charge in [-0.3, -0.25) is 9.78 Å².